The number of carbonyl (C=O) groups is 1. The van der Waals surface area contributed by atoms with Crippen molar-refractivity contribution in [1.29, 1.82) is 0 Å². The second-order valence-electron chi connectivity index (χ2n) is 4.30. The summed E-state index contributed by atoms with van der Waals surface area (Å²) >= 11 is 0. The standard InChI is InChI=1S/C12H26N4O2.HI/c1-6-13-12(15-10(2)9-18-5)14-8-7-11(17)16(3)4;/h10H,6-9H2,1-5H3,(H2,13,14,15);1H. The Morgan fingerprint density at radius 2 is 2.05 bits per heavy atom. The molecule has 6 nitrogen and oxygen atoms in total. The van der Waals surface area contributed by atoms with Crippen molar-refractivity contribution < 1.29 is 9.53 Å². The Balaban J connectivity index is 0. The molecule has 0 saturated carbocycles. The van der Waals surface area contributed by atoms with Crippen molar-refractivity contribution in [3.8, 4) is 0 Å². The van der Waals surface area contributed by atoms with Crippen LogP contribution in [0.2, 0.25) is 0 Å². The molecule has 0 fully saturated rings. The number of guanidine groups is 1. The molecule has 0 aromatic heterocycles. The zero-order valence-electron chi connectivity index (χ0n) is 12.5. The lowest BCUT2D eigenvalue weighted by Gasteiger charge is -2.17. The van der Waals surface area contributed by atoms with Crippen molar-refractivity contribution in [3.63, 3.8) is 0 Å². The quantitative estimate of drug-likeness (QED) is 0.384. The second kappa shape index (κ2) is 12.5. The van der Waals surface area contributed by atoms with Gasteiger partial charge in [0.15, 0.2) is 5.96 Å². The van der Waals surface area contributed by atoms with Crippen molar-refractivity contribution in [2.45, 2.75) is 26.3 Å². The summed E-state index contributed by atoms with van der Waals surface area (Å²) in [5.41, 5.74) is 0. The van der Waals surface area contributed by atoms with Crippen molar-refractivity contribution in [2.75, 3.05) is 40.9 Å². The third kappa shape index (κ3) is 11.0. The summed E-state index contributed by atoms with van der Waals surface area (Å²) in [6.07, 6.45) is 0.419. The molecule has 0 heterocycles. The monoisotopic (exact) mass is 386 g/mol. The van der Waals surface area contributed by atoms with E-state index in [9.17, 15) is 4.79 Å². The molecule has 2 N–H and O–H groups in total. The van der Waals surface area contributed by atoms with Crippen LogP contribution in [-0.4, -0.2) is 63.7 Å². The summed E-state index contributed by atoms with van der Waals surface area (Å²) in [4.78, 5) is 17.3. The van der Waals surface area contributed by atoms with Crippen LogP contribution in [0.25, 0.3) is 0 Å². The summed E-state index contributed by atoms with van der Waals surface area (Å²) in [5.74, 6) is 0.799. The molecule has 0 aromatic carbocycles. The van der Waals surface area contributed by atoms with Gasteiger partial charge < -0.3 is 20.3 Å². The Bertz CT molecular complexity index is 272. The highest BCUT2D eigenvalue weighted by Gasteiger charge is 2.06. The molecule has 0 bridgehead atoms. The highest BCUT2D eigenvalue weighted by atomic mass is 127. The van der Waals surface area contributed by atoms with Gasteiger partial charge in [-0.05, 0) is 13.8 Å². The lowest BCUT2D eigenvalue weighted by atomic mass is 10.3. The SMILES string of the molecule is CCNC(=NCCC(=O)N(C)C)NC(C)COC.I. The van der Waals surface area contributed by atoms with Crippen LogP contribution < -0.4 is 10.6 Å². The zero-order chi connectivity index (χ0) is 14.0. The molecule has 0 aliphatic carbocycles. The number of nitrogens with one attached hydrogen (secondary N) is 2. The van der Waals surface area contributed by atoms with Gasteiger partial charge in [0.2, 0.25) is 5.91 Å². The van der Waals surface area contributed by atoms with E-state index >= 15 is 0 Å². The van der Waals surface area contributed by atoms with Gasteiger partial charge in [-0.15, -0.1) is 24.0 Å². The van der Waals surface area contributed by atoms with Crippen LogP contribution in [0.15, 0.2) is 4.99 Å². The highest BCUT2D eigenvalue weighted by molar-refractivity contribution is 14.0. The number of ether oxygens (including phenoxy) is 1. The number of hydrogen-bond acceptors (Lipinski definition) is 3. The molecule has 7 heteroatoms. The number of nitrogens with zero attached hydrogens (tertiary/aromatic N) is 2. The van der Waals surface area contributed by atoms with Gasteiger partial charge in [0, 0.05) is 40.2 Å². The van der Waals surface area contributed by atoms with E-state index in [2.05, 4.69) is 15.6 Å². The summed E-state index contributed by atoms with van der Waals surface area (Å²) in [6, 6.07) is 0.178. The third-order valence-electron chi connectivity index (χ3n) is 2.24. The fourth-order valence-corrected chi connectivity index (χ4v) is 1.33. The zero-order valence-corrected chi connectivity index (χ0v) is 14.9. The minimum absolute atomic E-state index is 0. The van der Waals surface area contributed by atoms with Gasteiger partial charge in [-0.2, -0.15) is 0 Å². The van der Waals surface area contributed by atoms with Gasteiger partial charge in [0.05, 0.1) is 13.2 Å². The van der Waals surface area contributed by atoms with Crippen molar-refractivity contribution in [3.05, 3.63) is 0 Å². The number of amides is 1. The van der Waals surface area contributed by atoms with E-state index in [4.69, 9.17) is 4.74 Å². The van der Waals surface area contributed by atoms with Gasteiger partial charge in [-0.1, -0.05) is 0 Å². The van der Waals surface area contributed by atoms with Crippen LogP contribution in [0.5, 0.6) is 0 Å². The number of aliphatic imine (C=N–C) groups is 1. The molecule has 1 amide bonds. The molecule has 0 radical (unpaired) electrons. The van der Waals surface area contributed by atoms with Gasteiger partial charge in [-0.3, -0.25) is 9.79 Å². The Morgan fingerprint density at radius 3 is 2.53 bits per heavy atom. The van der Waals surface area contributed by atoms with Crippen molar-refractivity contribution in [1.82, 2.24) is 15.5 Å². The molecule has 0 spiro atoms. The molecule has 114 valence electrons. The van der Waals surface area contributed by atoms with E-state index in [-0.39, 0.29) is 35.9 Å². The molecule has 0 aliphatic heterocycles. The molecule has 1 atom stereocenters. The van der Waals surface area contributed by atoms with E-state index in [0.717, 1.165) is 6.54 Å². The summed E-state index contributed by atoms with van der Waals surface area (Å²) in [7, 11) is 5.16. The molecule has 0 aromatic rings. The fourth-order valence-electron chi connectivity index (χ4n) is 1.33. The lowest BCUT2D eigenvalue weighted by Crippen LogP contribution is -2.44. The topological polar surface area (TPSA) is 66.0 Å². The van der Waals surface area contributed by atoms with Crippen LogP contribution in [0.4, 0.5) is 0 Å². The first-order valence-corrected chi connectivity index (χ1v) is 6.25. The normalized spacial score (nSPS) is 12.4. The average Bonchev–Trinajstić information content (AvgIpc) is 2.29. The summed E-state index contributed by atoms with van der Waals surface area (Å²) in [5, 5.41) is 6.34. The third-order valence-corrected chi connectivity index (χ3v) is 2.24. The van der Waals surface area contributed by atoms with Crippen LogP contribution in [0.3, 0.4) is 0 Å². The van der Waals surface area contributed by atoms with Crippen LogP contribution in [-0.2, 0) is 9.53 Å². The maximum Gasteiger partial charge on any atom is 0.223 e. The number of methoxy groups -OCH3 is 1. The first kappa shape index (κ1) is 20.7. The average molecular weight is 386 g/mol. The summed E-state index contributed by atoms with van der Waals surface area (Å²) < 4.78 is 5.05. The number of rotatable bonds is 7. The predicted molar refractivity (Wildman–Crippen MR) is 89.2 cm³/mol. The Hall–Kier alpha value is -0.570. The van der Waals surface area contributed by atoms with Gasteiger partial charge in [0.1, 0.15) is 0 Å². The highest BCUT2D eigenvalue weighted by Crippen LogP contribution is 1.89. The number of halogens is 1. The Morgan fingerprint density at radius 1 is 1.42 bits per heavy atom. The van der Waals surface area contributed by atoms with Gasteiger partial charge in [0.25, 0.3) is 0 Å². The number of hydrogen-bond donors (Lipinski definition) is 2. The van der Waals surface area contributed by atoms with E-state index < -0.39 is 0 Å². The van der Waals surface area contributed by atoms with Gasteiger partial charge >= 0.3 is 0 Å². The Kier molecular flexibility index (Phi) is 13.6. The van der Waals surface area contributed by atoms with E-state index in [1.165, 1.54) is 0 Å². The number of carbonyl (C=O) groups excluding carboxylic acids is 1. The van der Waals surface area contributed by atoms with Crippen molar-refractivity contribution in [2.24, 2.45) is 4.99 Å². The molecular formula is C12H27IN4O2. The van der Waals surface area contributed by atoms with Crippen molar-refractivity contribution >= 4 is 35.8 Å². The second-order valence-corrected chi connectivity index (χ2v) is 4.30. The van der Waals surface area contributed by atoms with E-state index in [1.54, 1.807) is 26.1 Å². The first-order chi connectivity index (χ1) is 8.51. The Labute approximate surface area is 133 Å². The molecule has 0 rings (SSSR count). The molecule has 0 saturated heterocycles. The maximum atomic E-state index is 11.4. The minimum Gasteiger partial charge on any atom is -0.383 e. The van der Waals surface area contributed by atoms with E-state index in [1.807, 2.05) is 13.8 Å². The van der Waals surface area contributed by atoms with E-state index in [0.29, 0.717) is 25.5 Å². The predicted octanol–water partition coefficient (Wildman–Crippen LogP) is 0.673. The largest absolute Gasteiger partial charge is 0.383 e. The minimum atomic E-state index is 0. The van der Waals surface area contributed by atoms with Crippen LogP contribution >= 0.6 is 24.0 Å². The molecule has 0 aliphatic rings. The lowest BCUT2D eigenvalue weighted by molar-refractivity contribution is -0.128. The van der Waals surface area contributed by atoms with Crippen LogP contribution in [0.1, 0.15) is 20.3 Å². The molecule has 19 heavy (non-hydrogen) atoms. The fraction of sp³-hybridized carbons (Fsp3) is 0.833. The maximum absolute atomic E-state index is 11.4. The van der Waals surface area contributed by atoms with Gasteiger partial charge in [-0.25, -0.2) is 0 Å². The van der Waals surface area contributed by atoms with Crippen LogP contribution in [0, 0.1) is 0 Å². The summed E-state index contributed by atoms with van der Waals surface area (Å²) in [6.45, 7) is 5.89. The smallest absolute Gasteiger partial charge is 0.223 e. The first-order valence-electron chi connectivity index (χ1n) is 6.25. The molecular weight excluding hydrogens is 359 g/mol. The molecule has 1 unspecified atom stereocenters.